The first-order valence-corrected chi connectivity index (χ1v) is 6.86. The van der Waals surface area contributed by atoms with Crippen LogP contribution < -0.4 is 4.72 Å². The van der Waals surface area contributed by atoms with Gasteiger partial charge in [0.05, 0.1) is 4.90 Å². The summed E-state index contributed by atoms with van der Waals surface area (Å²) in [5.74, 6) is -0.0936. The number of aryl methyl sites for hydroxylation is 1. The van der Waals surface area contributed by atoms with E-state index >= 15 is 0 Å². The van der Waals surface area contributed by atoms with Crippen molar-refractivity contribution in [1.82, 2.24) is 14.8 Å². The Hall–Kier alpha value is -2.22. The first kappa shape index (κ1) is 13.2. The number of nitrogens with one attached hydrogen (secondary N) is 1. The number of nitrogens with zero attached hydrogens (tertiary/aromatic N) is 3. The fourth-order valence-electron chi connectivity index (χ4n) is 1.45. The fraction of sp³-hybridized carbons (Fsp3) is 0.182. The number of anilines is 1. The molecule has 0 fully saturated rings. The lowest BCUT2D eigenvalue weighted by Crippen LogP contribution is -2.16. The number of sulfonamides is 1. The molecule has 2 aromatic rings. The first-order chi connectivity index (χ1) is 8.90. The highest BCUT2D eigenvalue weighted by atomic mass is 32.2. The number of benzene rings is 1. The van der Waals surface area contributed by atoms with Crippen molar-refractivity contribution < 1.29 is 13.2 Å². The topological polar surface area (TPSA) is 93.9 Å². The number of hydrogen-bond donors (Lipinski definition) is 1. The normalized spacial score (nSPS) is 11.3. The Morgan fingerprint density at radius 1 is 1.37 bits per heavy atom. The summed E-state index contributed by atoms with van der Waals surface area (Å²) in [5, 5.41) is 3.76. The molecule has 0 saturated heterocycles. The van der Waals surface area contributed by atoms with Crippen LogP contribution in [-0.2, 0) is 17.1 Å². The zero-order valence-electron chi connectivity index (χ0n) is 10.4. The van der Waals surface area contributed by atoms with Crippen LogP contribution in [0.25, 0.3) is 0 Å². The minimum absolute atomic E-state index is 0.00296. The minimum atomic E-state index is -3.79. The summed E-state index contributed by atoms with van der Waals surface area (Å²) in [7, 11) is -2.22. The molecule has 0 amide bonds. The van der Waals surface area contributed by atoms with Gasteiger partial charge in [-0.2, -0.15) is 10.1 Å². The van der Waals surface area contributed by atoms with Gasteiger partial charge in [0.1, 0.15) is 6.33 Å². The number of carbonyl (C=O) groups is 1. The number of aromatic nitrogens is 3. The van der Waals surface area contributed by atoms with Crippen molar-refractivity contribution in [2.24, 2.45) is 7.05 Å². The molecule has 1 aromatic heterocycles. The lowest BCUT2D eigenvalue weighted by molar-refractivity contribution is 0.101. The summed E-state index contributed by atoms with van der Waals surface area (Å²) < 4.78 is 27.8. The van der Waals surface area contributed by atoms with E-state index in [2.05, 4.69) is 14.8 Å². The van der Waals surface area contributed by atoms with E-state index in [1.165, 1.54) is 36.1 Å². The van der Waals surface area contributed by atoms with Crippen LogP contribution in [0.3, 0.4) is 0 Å². The molecule has 0 aliphatic heterocycles. The van der Waals surface area contributed by atoms with Gasteiger partial charge in [-0.1, -0.05) is 12.1 Å². The van der Waals surface area contributed by atoms with Crippen molar-refractivity contribution in [3.8, 4) is 0 Å². The van der Waals surface area contributed by atoms with Crippen molar-refractivity contribution >= 4 is 21.8 Å². The molecule has 2 rings (SSSR count). The van der Waals surface area contributed by atoms with Gasteiger partial charge in [0.2, 0.25) is 5.95 Å². The van der Waals surface area contributed by atoms with E-state index in [1.807, 2.05) is 0 Å². The molecule has 19 heavy (non-hydrogen) atoms. The van der Waals surface area contributed by atoms with Gasteiger partial charge in [0, 0.05) is 12.6 Å². The van der Waals surface area contributed by atoms with E-state index < -0.39 is 10.0 Å². The van der Waals surface area contributed by atoms with Crippen LogP contribution in [0.1, 0.15) is 17.3 Å². The quantitative estimate of drug-likeness (QED) is 0.837. The Morgan fingerprint density at radius 2 is 2.11 bits per heavy atom. The summed E-state index contributed by atoms with van der Waals surface area (Å²) in [4.78, 5) is 15.0. The van der Waals surface area contributed by atoms with E-state index in [0.29, 0.717) is 5.56 Å². The Kier molecular flexibility index (Phi) is 3.34. The number of hydrogen-bond acceptors (Lipinski definition) is 5. The van der Waals surface area contributed by atoms with Crippen molar-refractivity contribution in [2.45, 2.75) is 11.8 Å². The van der Waals surface area contributed by atoms with E-state index in [1.54, 1.807) is 13.1 Å². The number of ketones is 1. The Balaban J connectivity index is 2.37. The van der Waals surface area contributed by atoms with Crippen LogP contribution in [0.2, 0.25) is 0 Å². The van der Waals surface area contributed by atoms with Crippen molar-refractivity contribution in [1.29, 1.82) is 0 Å². The molecule has 1 heterocycles. The lowest BCUT2D eigenvalue weighted by atomic mass is 10.2. The van der Waals surface area contributed by atoms with Crippen LogP contribution in [0.15, 0.2) is 35.5 Å². The smallest absolute Gasteiger partial charge is 0.264 e. The largest absolute Gasteiger partial charge is 0.295 e. The molecule has 0 aliphatic carbocycles. The highest BCUT2D eigenvalue weighted by Crippen LogP contribution is 2.15. The van der Waals surface area contributed by atoms with Gasteiger partial charge >= 0.3 is 0 Å². The Bertz CT molecular complexity index is 721. The molecule has 0 aliphatic rings. The third-order valence-corrected chi connectivity index (χ3v) is 3.81. The average Bonchev–Trinajstić information content (AvgIpc) is 2.74. The summed E-state index contributed by atoms with van der Waals surface area (Å²) in [5.41, 5.74) is 0.334. The van der Waals surface area contributed by atoms with Gasteiger partial charge < -0.3 is 0 Å². The molecule has 1 N–H and O–H groups in total. The fourth-order valence-corrected chi connectivity index (χ4v) is 2.53. The highest BCUT2D eigenvalue weighted by molar-refractivity contribution is 7.92. The summed E-state index contributed by atoms with van der Waals surface area (Å²) in [6.07, 6.45) is 1.24. The van der Waals surface area contributed by atoms with Crippen LogP contribution in [-0.4, -0.2) is 29.0 Å². The maximum Gasteiger partial charge on any atom is 0.264 e. The molecule has 8 heteroatoms. The zero-order chi connectivity index (χ0) is 14.0. The van der Waals surface area contributed by atoms with Crippen LogP contribution in [0, 0.1) is 0 Å². The first-order valence-electron chi connectivity index (χ1n) is 5.38. The van der Waals surface area contributed by atoms with Gasteiger partial charge in [0.15, 0.2) is 5.78 Å². The standard InChI is InChI=1S/C11H12N4O3S/c1-8(16)9-4-3-5-10(6-9)19(17,18)14-11-12-7-13-15(11)2/h3-7H,1-2H3,(H,12,13,14). The molecular weight excluding hydrogens is 268 g/mol. The van der Waals surface area contributed by atoms with Crippen molar-refractivity contribution in [2.75, 3.05) is 4.72 Å². The van der Waals surface area contributed by atoms with Gasteiger partial charge in [-0.05, 0) is 19.1 Å². The maximum atomic E-state index is 12.1. The highest BCUT2D eigenvalue weighted by Gasteiger charge is 2.17. The molecule has 1 aromatic carbocycles. The maximum absolute atomic E-state index is 12.1. The monoisotopic (exact) mass is 280 g/mol. The predicted molar refractivity (Wildman–Crippen MR) is 68.3 cm³/mol. The van der Waals surface area contributed by atoms with E-state index in [0.717, 1.165) is 0 Å². The summed E-state index contributed by atoms with van der Waals surface area (Å²) in [6.45, 7) is 1.38. The third-order valence-electron chi connectivity index (χ3n) is 2.49. The van der Waals surface area contributed by atoms with Crippen LogP contribution in [0.4, 0.5) is 5.95 Å². The third kappa shape index (κ3) is 2.79. The second kappa shape index (κ2) is 4.81. The number of carbonyl (C=O) groups excluding carboxylic acids is 1. The van der Waals surface area contributed by atoms with Gasteiger partial charge in [-0.3, -0.25) is 4.79 Å². The second-order valence-electron chi connectivity index (χ2n) is 3.90. The summed E-state index contributed by atoms with van der Waals surface area (Å²) in [6, 6.07) is 5.80. The van der Waals surface area contributed by atoms with Crippen LogP contribution >= 0.6 is 0 Å². The van der Waals surface area contributed by atoms with Gasteiger partial charge in [-0.15, -0.1) is 0 Å². The Morgan fingerprint density at radius 3 is 2.68 bits per heavy atom. The summed E-state index contributed by atoms with van der Waals surface area (Å²) >= 11 is 0. The lowest BCUT2D eigenvalue weighted by Gasteiger charge is -2.07. The van der Waals surface area contributed by atoms with E-state index in [-0.39, 0.29) is 16.6 Å². The molecule has 0 unspecified atom stereocenters. The molecule has 0 saturated carbocycles. The van der Waals surface area contributed by atoms with Gasteiger partial charge in [0.25, 0.3) is 10.0 Å². The molecule has 0 radical (unpaired) electrons. The van der Waals surface area contributed by atoms with Crippen LogP contribution in [0.5, 0.6) is 0 Å². The second-order valence-corrected chi connectivity index (χ2v) is 5.58. The van der Waals surface area contributed by atoms with Crippen molar-refractivity contribution in [3.63, 3.8) is 0 Å². The SMILES string of the molecule is CC(=O)c1cccc(S(=O)(=O)Nc2ncnn2C)c1. The molecule has 0 bridgehead atoms. The van der Waals surface area contributed by atoms with Crippen molar-refractivity contribution in [3.05, 3.63) is 36.2 Å². The van der Waals surface area contributed by atoms with E-state index in [9.17, 15) is 13.2 Å². The number of rotatable bonds is 4. The molecular formula is C11H12N4O3S. The molecule has 0 atom stereocenters. The molecule has 0 spiro atoms. The Labute approximate surface area is 110 Å². The number of Topliss-reactive ketones (excluding diaryl/α,β-unsaturated/α-hetero) is 1. The predicted octanol–water partition coefficient (Wildman–Crippen LogP) is 0.819. The molecule has 100 valence electrons. The molecule has 7 nitrogen and oxygen atoms in total. The average molecular weight is 280 g/mol. The zero-order valence-corrected chi connectivity index (χ0v) is 11.2. The minimum Gasteiger partial charge on any atom is -0.295 e. The van der Waals surface area contributed by atoms with E-state index in [4.69, 9.17) is 0 Å². The van der Waals surface area contributed by atoms with Gasteiger partial charge in [-0.25, -0.2) is 17.8 Å².